The Morgan fingerprint density at radius 3 is 2.60 bits per heavy atom. The molecule has 1 saturated heterocycles. The third kappa shape index (κ3) is 6.49. The molecule has 0 radical (unpaired) electrons. The maximum Gasteiger partial charge on any atom is 0.471 e. The number of fused-ring (bicyclic) bond motifs is 1. The van der Waals surface area contributed by atoms with E-state index in [0.717, 1.165) is 29.4 Å². The molecule has 2 aliphatic rings. The fourth-order valence-electron chi connectivity index (χ4n) is 5.62. The van der Waals surface area contributed by atoms with Gasteiger partial charge in [-0.05, 0) is 54.3 Å². The largest absolute Gasteiger partial charge is 0.486 e. The monoisotopic (exact) mass is 663 g/mol. The summed E-state index contributed by atoms with van der Waals surface area (Å²) in [6.07, 6.45) is 0.403. The number of hydrogen-bond acceptors (Lipinski definition) is 9. The minimum atomic E-state index is -4.77. The summed E-state index contributed by atoms with van der Waals surface area (Å²) in [4.78, 5) is 14.7. The first-order valence-corrected chi connectivity index (χ1v) is 15.1. The minimum absolute atomic E-state index is 0.00468. The average Bonchev–Trinajstić information content (AvgIpc) is 3.68. The second kappa shape index (κ2) is 12.8. The molecule has 246 valence electrons. The zero-order valence-electron chi connectivity index (χ0n) is 25.2. The number of nitriles is 1. The highest BCUT2D eigenvalue weighted by molar-refractivity contribution is 5.79. The third-order valence-electron chi connectivity index (χ3n) is 8.32. The van der Waals surface area contributed by atoms with Crippen molar-refractivity contribution in [1.82, 2.24) is 29.6 Å². The van der Waals surface area contributed by atoms with Crippen LogP contribution in [0.15, 0.2) is 59.3 Å². The van der Waals surface area contributed by atoms with Gasteiger partial charge < -0.3 is 18.6 Å². The smallest absolute Gasteiger partial charge is 0.471 e. The Kier molecular flexibility index (Phi) is 8.36. The van der Waals surface area contributed by atoms with Gasteiger partial charge in [0.05, 0.1) is 48.1 Å². The molecule has 2 aliphatic heterocycles. The van der Waals surface area contributed by atoms with Crippen molar-refractivity contribution in [3.8, 4) is 23.3 Å². The molecule has 1 fully saturated rings. The quantitative estimate of drug-likeness (QED) is 0.168. The van der Waals surface area contributed by atoms with Crippen LogP contribution in [0.2, 0.25) is 0 Å². The average molecular weight is 664 g/mol. The molecule has 3 aromatic heterocycles. The maximum atomic E-state index is 14.6. The van der Waals surface area contributed by atoms with E-state index in [9.17, 15) is 22.0 Å². The van der Waals surface area contributed by atoms with Crippen LogP contribution in [0.1, 0.15) is 41.2 Å². The van der Waals surface area contributed by atoms with Gasteiger partial charge in [-0.15, -0.1) is 0 Å². The van der Waals surface area contributed by atoms with Gasteiger partial charge in [-0.25, -0.2) is 13.8 Å². The molecule has 0 N–H and O–H groups in total. The van der Waals surface area contributed by atoms with Crippen LogP contribution < -0.4 is 4.74 Å². The van der Waals surface area contributed by atoms with Crippen molar-refractivity contribution in [3.63, 3.8) is 0 Å². The molecule has 1 atom stereocenters. The fraction of sp³-hybridized carbons (Fsp3) is 0.303. The molecule has 5 heterocycles. The predicted octanol–water partition coefficient (Wildman–Crippen LogP) is 6.31. The second-order valence-electron chi connectivity index (χ2n) is 11.5. The Morgan fingerprint density at radius 1 is 1.06 bits per heavy atom. The van der Waals surface area contributed by atoms with Gasteiger partial charge >= 0.3 is 12.1 Å². The van der Waals surface area contributed by atoms with Gasteiger partial charge in [0.2, 0.25) is 5.82 Å². The topological polar surface area (TPSA) is 115 Å². The van der Waals surface area contributed by atoms with Crippen LogP contribution in [0.4, 0.5) is 22.0 Å². The molecule has 0 spiro atoms. The van der Waals surface area contributed by atoms with Crippen molar-refractivity contribution < 1.29 is 35.9 Å². The van der Waals surface area contributed by atoms with E-state index in [1.165, 1.54) is 18.2 Å². The minimum Gasteiger partial charge on any atom is -0.486 e. The molecule has 5 aromatic rings. The van der Waals surface area contributed by atoms with E-state index in [0.29, 0.717) is 50.2 Å². The van der Waals surface area contributed by atoms with Crippen LogP contribution in [0.25, 0.3) is 28.1 Å². The number of hydrogen-bond donors (Lipinski definition) is 0. The Hall–Kier alpha value is -5.20. The molecule has 10 nitrogen and oxygen atoms in total. The van der Waals surface area contributed by atoms with Gasteiger partial charge in [-0.3, -0.25) is 9.88 Å². The fourth-order valence-corrected chi connectivity index (χ4v) is 5.62. The van der Waals surface area contributed by atoms with Gasteiger partial charge in [0.15, 0.2) is 11.6 Å². The highest BCUT2D eigenvalue weighted by Crippen LogP contribution is 2.32. The molecular formula is C33H26F5N7O3. The van der Waals surface area contributed by atoms with Crippen LogP contribution in [0.5, 0.6) is 5.75 Å². The van der Waals surface area contributed by atoms with Crippen molar-refractivity contribution >= 4 is 16.6 Å². The first-order valence-electron chi connectivity index (χ1n) is 15.1. The summed E-state index contributed by atoms with van der Waals surface area (Å²) in [5, 5.41) is 12.4. The maximum absolute atomic E-state index is 14.6. The summed E-state index contributed by atoms with van der Waals surface area (Å²) >= 11 is 0. The van der Waals surface area contributed by atoms with Crippen LogP contribution in [0.3, 0.4) is 0 Å². The lowest BCUT2D eigenvalue weighted by atomic mass is 9.99. The van der Waals surface area contributed by atoms with Gasteiger partial charge in [-0.1, -0.05) is 23.4 Å². The molecular weight excluding hydrogens is 637 g/mol. The number of ether oxygens (including phenoxy) is 2. The normalized spacial score (nSPS) is 16.8. The van der Waals surface area contributed by atoms with E-state index in [2.05, 4.69) is 30.6 Å². The molecule has 15 heteroatoms. The lowest BCUT2D eigenvalue weighted by Gasteiger charge is -2.29. The Balaban J connectivity index is 1.07. The molecule has 0 unspecified atom stereocenters. The number of pyridine rings is 1. The van der Waals surface area contributed by atoms with E-state index in [-0.39, 0.29) is 41.1 Å². The SMILES string of the molecule is N#Cc1ccc(COc2cc(C3=CCN(Cc4nc5cc(-c6noc(C(F)(F)F)n6)ncc5n4C[C@@H]4CCO4)CC3)ccc2F)c(F)c1. The van der Waals surface area contributed by atoms with Crippen molar-refractivity contribution in [2.24, 2.45) is 0 Å². The highest BCUT2D eigenvalue weighted by Gasteiger charge is 2.38. The highest BCUT2D eigenvalue weighted by atomic mass is 19.4. The Labute approximate surface area is 270 Å². The molecule has 0 amide bonds. The van der Waals surface area contributed by atoms with Crippen LogP contribution in [-0.2, 0) is 30.6 Å². The van der Waals surface area contributed by atoms with Crippen LogP contribution >= 0.6 is 0 Å². The summed E-state index contributed by atoms with van der Waals surface area (Å²) in [7, 11) is 0. The molecule has 48 heavy (non-hydrogen) atoms. The zero-order chi connectivity index (χ0) is 33.4. The number of rotatable bonds is 9. The van der Waals surface area contributed by atoms with Crippen LogP contribution in [-0.4, -0.2) is 55.4 Å². The van der Waals surface area contributed by atoms with E-state index in [1.807, 2.05) is 10.6 Å². The number of nitrogens with zero attached hydrogens (tertiary/aromatic N) is 7. The Morgan fingerprint density at radius 2 is 1.92 bits per heavy atom. The molecule has 0 aliphatic carbocycles. The van der Waals surface area contributed by atoms with Gasteiger partial charge in [0.1, 0.15) is 23.9 Å². The number of imidazole rings is 1. The lowest BCUT2D eigenvalue weighted by molar-refractivity contribution is -0.159. The second-order valence-corrected chi connectivity index (χ2v) is 11.5. The number of halogens is 5. The zero-order valence-corrected chi connectivity index (χ0v) is 25.2. The summed E-state index contributed by atoms with van der Waals surface area (Å²) in [5.41, 5.74) is 3.52. The summed E-state index contributed by atoms with van der Waals surface area (Å²) < 4.78 is 85.6. The summed E-state index contributed by atoms with van der Waals surface area (Å²) in [5.74, 6) is -2.17. The number of benzene rings is 2. The van der Waals surface area contributed by atoms with Gasteiger partial charge in [0, 0.05) is 25.3 Å². The summed E-state index contributed by atoms with van der Waals surface area (Å²) in [6.45, 7) is 2.76. The standard InChI is InChI=1S/C33H26F5N7O3/c34-24-4-3-21(12-29(24)47-18-22-2-1-19(14-39)11-25(22)35)20-5-8-44(9-6-20)17-30-41-26-13-27(31-42-32(48-43-31)33(36,37)38)40-15-28(26)45(30)16-23-7-10-46-23/h1-5,11-13,15,23H,6-10,16-18H2/t23-/m0/s1. The summed E-state index contributed by atoms with van der Waals surface area (Å²) in [6, 6.07) is 12.0. The number of aromatic nitrogens is 5. The Bertz CT molecular complexity index is 2060. The van der Waals surface area contributed by atoms with Crippen molar-refractivity contribution in [2.75, 3.05) is 19.7 Å². The third-order valence-corrected chi connectivity index (χ3v) is 8.32. The van der Waals surface area contributed by atoms with E-state index in [1.54, 1.807) is 24.4 Å². The van der Waals surface area contributed by atoms with Crippen molar-refractivity contribution in [2.45, 2.75) is 44.8 Å². The molecule has 0 saturated carbocycles. The van der Waals surface area contributed by atoms with E-state index < -0.39 is 23.7 Å². The van der Waals surface area contributed by atoms with Crippen molar-refractivity contribution in [3.05, 3.63) is 94.8 Å². The van der Waals surface area contributed by atoms with Gasteiger partial charge in [-0.2, -0.15) is 23.4 Å². The lowest BCUT2D eigenvalue weighted by Crippen LogP contribution is -2.33. The molecule has 7 rings (SSSR count). The van der Waals surface area contributed by atoms with E-state index in [4.69, 9.17) is 19.7 Å². The molecule has 0 bridgehead atoms. The van der Waals surface area contributed by atoms with E-state index >= 15 is 0 Å². The first-order chi connectivity index (χ1) is 23.1. The van der Waals surface area contributed by atoms with Crippen LogP contribution in [0, 0.1) is 23.0 Å². The van der Waals surface area contributed by atoms with Crippen molar-refractivity contribution in [1.29, 1.82) is 5.26 Å². The van der Waals surface area contributed by atoms with Gasteiger partial charge in [0.25, 0.3) is 0 Å². The number of alkyl halides is 3. The first kappa shape index (κ1) is 31.4. The molecule has 2 aromatic carbocycles. The predicted molar refractivity (Wildman–Crippen MR) is 160 cm³/mol.